The zero-order chi connectivity index (χ0) is 14.5. The van der Waals surface area contributed by atoms with Gasteiger partial charge in [-0.2, -0.15) is 0 Å². The fraction of sp³-hybridized carbons (Fsp3) is 0.294. The highest BCUT2D eigenvalue weighted by molar-refractivity contribution is 5.43. The Kier molecular flexibility index (Phi) is 4.64. The van der Waals surface area contributed by atoms with Gasteiger partial charge in [0.25, 0.3) is 0 Å². The van der Waals surface area contributed by atoms with Crippen LogP contribution in [0.25, 0.3) is 0 Å². The maximum atomic E-state index is 10.4. The van der Waals surface area contributed by atoms with Crippen LogP contribution in [0.1, 0.15) is 22.8 Å². The number of aliphatic hydroxyl groups is 1. The minimum atomic E-state index is -0.519. The van der Waals surface area contributed by atoms with Gasteiger partial charge in [0.05, 0.1) is 20.3 Å². The molecule has 0 aliphatic heterocycles. The third kappa shape index (κ3) is 3.11. The summed E-state index contributed by atoms with van der Waals surface area (Å²) in [6.07, 6.45) is 0.0277. The van der Waals surface area contributed by atoms with Crippen molar-refractivity contribution >= 4 is 0 Å². The van der Waals surface area contributed by atoms with Gasteiger partial charge in [-0.15, -0.1) is 0 Å². The number of aliphatic hydroxyl groups excluding tert-OH is 1. The zero-order valence-electron chi connectivity index (χ0n) is 12.1. The van der Waals surface area contributed by atoms with Crippen LogP contribution >= 0.6 is 0 Å². The van der Waals surface area contributed by atoms with Crippen molar-refractivity contribution in [2.45, 2.75) is 19.4 Å². The monoisotopic (exact) mass is 272 g/mol. The summed E-state index contributed by atoms with van der Waals surface area (Å²) in [5.74, 6) is 1.38. The molecule has 0 spiro atoms. The van der Waals surface area contributed by atoms with E-state index in [0.29, 0.717) is 17.9 Å². The van der Waals surface area contributed by atoms with Gasteiger partial charge in [0, 0.05) is 6.42 Å². The summed E-state index contributed by atoms with van der Waals surface area (Å²) in [6, 6.07) is 13.6. The third-order valence-electron chi connectivity index (χ3n) is 3.42. The highest BCUT2D eigenvalue weighted by Gasteiger charge is 2.12. The number of methoxy groups -OCH3 is 2. The molecule has 1 unspecified atom stereocenters. The Hall–Kier alpha value is -2.00. The molecule has 0 amide bonds. The van der Waals surface area contributed by atoms with Crippen LogP contribution in [0, 0.1) is 6.92 Å². The lowest BCUT2D eigenvalue weighted by atomic mass is 9.97. The second-order valence-corrected chi connectivity index (χ2v) is 4.77. The molecule has 0 radical (unpaired) electrons. The van der Waals surface area contributed by atoms with Crippen molar-refractivity contribution in [1.29, 1.82) is 0 Å². The van der Waals surface area contributed by atoms with Crippen LogP contribution in [0.3, 0.4) is 0 Å². The first kappa shape index (κ1) is 14.4. The number of rotatable bonds is 5. The average Bonchev–Trinajstić information content (AvgIpc) is 2.47. The quantitative estimate of drug-likeness (QED) is 0.907. The molecular weight excluding hydrogens is 252 g/mol. The summed E-state index contributed by atoms with van der Waals surface area (Å²) in [5.41, 5.74) is 3.07. The maximum absolute atomic E-state index is 10.4. The van der Waals surface area contributed by atoms with E-state index in [1.54, 1.807) is 14.2 Å². The molecule has 3 nitrogen and oxygen atoms in total. The molecule has 1 N–H and O–H groups in total. The number of benzene rings is 2. The zero-order valence-corrected chi connectivity index (χ0v) is 12.1. The van der Waals surface area contributed by atoms with Crippen LogP contribution in [0.15, 0.2) is 42.5 Å². The van der Waals surface area contributed by atoms with Crippen molar-refractivity contribution in [2.75, 3.05) is 14.2 Å². The van der Waals surface area contributed by atoms with Gasteiger partial charge in [0.15, 0.2) is 11.5 Å². The van der Waals surface area contributed by atoms with E-state index in [1.807, 2.05) is 49.4 Å². The molecular formula is C17H20O3. The van der Waals surface area contributed by atoms with Crippen molar-refractivity contribution < 1.29 is 14.6 Å². The van der Waals surface area contributed by atoms with Gasteiger partial charge >= 0.3 is 0 Å². The van der Waals surface area contributed by atoms with E-state index in [2.05, 4.69) is 0 Å². The highest BCUT2D eigenvalue weighted by atomic mass is 16.5. The van der Waals surface area contributed by atoms with E-state index in [0.717, 1.165) is 16.7 Å². The minimum absolute atomic E-state index is 0.519. The van der Waals surface area contributed by atoms with Gasteiger partial charge < -0.3 is 14.6 Å². The number of hydrogen-bond donors (Lipinski definition) is 1. The number of hydrogen-bond acceptors (Lipinski definition) is 3. The van der Waals surface area contributed by atoms with Crippen molar-refractivity contribution in [3.05, 3.63) is 59.2 Å². The smallest absolute Gasteiger partial charge is 0.160 e. The van der Waals surface area contributed by atoms with E-state index in [1.165, 1.54) is 0 Å². The third-order valence-corrected chi connectivity index (χ3v) is 3.42. The largest absolute Gasteiger partial charge is 0.493 e. The Morgan fingerprint density at radius 3 is 2.35 bits per heavy atom. The predicted octanol–water partition coefficient (Wildman–Crippen LogP) is 3.29. The Bertz CT molecular complexity index is 578. The molecule has 0 bridgehead atoms. The van der Waals surface area contributed by atoms with Crippen molar-refractivity contribution in [2.24, 2.45) is 0 Å². The molecule has 0 aromatic heterocycles. The lowest BCUT2D eigenvalue weighted by Crippen LogP contribution is -2.04. The van der Waals surface area contributed by atoms with Gasteiger partial charge in [0.1, 0.15) is 0 Å². The van der Waals surface area contributed by atoms with E-state index >= 15 is 0 Å². The fourth-order valence-corrected chi connectivity index (χ4v) is 2.30. The Balaban J connectivity index is 2.20. The summed E-state index contributed by atoms with van der Waals surface area (Å²) in [6.45, 7) is 2.01. The first-order valence-electron chi connectivity index (χ1n) is 6.60. The molecule has 20 heavy (non-hydrogen) atoms. The number of ether oxygens (including phenoxy) is 2. The second-order valence-electron chi connectivity index (χ2n) is 4.77. The van der Waals surface area contributed by atoms with Crippen LogP contribution in [0.5, 0.6) is 11.5 Å². The van der Waals surface area contributed by atoms with Crippen LogP contribution < -0.4 is 9.47 Å². The second kappa shape index (κ2) is 6.44. The standard InChI is InChI=1S/C17H20O3/c1-12-6-4-5-7-14(12)15(18)10-13-8-9-16(19-2)17(11-13)20-3/h4-9,11,15,18H,10H2,1-3H3. The highest BCUT2D eigenvalue weighted by Crippen LogP contribution is 2.30. The molecule has 2 rings (SSSR count). The summed E-state index contributed by atoms with van der Waals surface area (Å²) < 4.78 is 10.5. The lowest BCUT2D eigenvalue weighted by molar-refractivity contribution is 0.177. The van der Waals surface area contributed by atoms with Crippen LogP contribution in [-0.2, 0) is 6.42 Å². The van der Waals surface area contributed by atoms with Gasteiger partial charge in [-0.25, -0.2) is 0 Å². The lowest BCUT2D eigenvalue weighted by Gasteiger charge is -2.15. The van der Waals surface area contributed by atoms with Crippen LogP contribution in [0.2, 0.25) is 0 Å². The molecule has 1 atom stereocenters. The van der Waals surface area contributed by atoms with E-state index in [-0.39, 0.29) is 0 Å². The van der Waals surface area contributed by atoms with Crippen molar-refractivity contribution in [1.82, 2.24) is 0 Å². The molecule has 3 heteroatoms. The molecule has 0 saturated heterocycles. The van der Waals surface area contributed by atoms with Gasteiger partial charge in [-0.05, 0) is 35.7 Å². The molecule has 0 heterocycles. The average molecular weight is 272 g/mol. The molecule has 0 saturated carbocycles. The van der Waals surface area contributed by atoms with E-state index < -0.39 is 6.10 Å². The molecule has 0 aliphatic rings. The fourth-order valence-electron chi connectivity index (χ4n) is 2.30. The van der Waals surface area contributed by atoms with E-state index in [4.69, 9.17) is 9.47 Å². The van der Waals surface area contributed by atoms with Gasteiger partial charge in [-0.1, -0.05) is 30.3 Å². The molecule has 0 aliphatic carbocycles. The topological polar surface area (TPSA) is 38.7 Å². The Labute approximate surface area is 119 Å². The predicted molar refractivity (Wildman–Crippen MR) is 79.4 cm³/mol. The minimum Gasteiger partial charge on any atom is -0.493 e. The number of aryl methyl sites for hydroxylation is 1. The normalized spacial score (nSPS) is 12.0. The molecule has 0 fully saturated rings. The summed E-state index contributed by atoms with van der Waals surface area (Å²) >= 11 is 0. The van der Waals surface area contributed by atoms with Gasteiger partial charge in [0.2, 0.25) is 0 Å². The van der Waals surface area contributed by atoms with Gasteiger partial charge in [-0.3, -0.25) is 0 Å². The molecule has 2 aromatic carbocycles. The maximum Gasteiger partial charge on any atom is 0.160 e. The van der Waals surface area contributed by atoms with E-state index in [9.17, 15) is 5.11 Å². The SMILES string of the molecule is COc1ccc(CC(O)c2ccccc2C)cc1OC. The van der Waals surface area contributed by atoms with Crippen LogP contribution in [0.4, 0.5) is 0 Å². The Morgan fingerprint density at radius 2 is 1.70 bits per heavy atom. The summed E-state index contributed by atoms with van der Waals surface area (Å²) in [5, 5.41) is 10.4. The van der Waals surface area contributed by atoms with Crippen molar-refractivity contribution in [3.8, 4) is 11.5 Å². The summed E-state index contributed by atoms with van der Waals surface area (Å²) in [4.78, 5) is 0. The Morgan fingerprint density at radius 1 is 1.00 bits per heavy atom. The summed E-state index contributed by atoms with van der Waals surface area (Å²) in [7, 11) is 3.22. The molecule has 106 valence electrons. The van der Waals surface area contributed by atoms with Crippen LogP contribution in [-0.4, -0.2) is 19.3 Å². The first-order chi connectivity index (χ1) is 9.65. The molecule has 2 aromatic rings. The first-order valence-corrected chi connectivity index (χ1v) is 6.60. The van der Waals surface area contributed by atoms with Crippen molar-refractivity contribution in [3.63, 3.8) is 0 Å².